The van der Waals surface area contributed by atoms with Crippen molar-refractivity contribution in [2.24, 2.45) is 11.8 Å². The molecule has 2 unspecified atom stereocenters. The second kappa shape index (κ2) is 7.38. The SMILES string of the molecule is CC1CCCCC1OCCNCC1CCCC1. The highest BCUT2D eigenvalue weighted by Gasteiger charge is 2.21. The molecular formula is C15H29NO. The highest BCUT2D eigenvalue weighted by atomic mass is 16.5. The van der Waals surface area contributed by atoms with Crippen molar-refractivity contribution in [1.29, 1.82) is 0 Å². The van der Waals surface area contributed by atoms with Gasteiger partial charge in [0.15, 0.2) is 0 Å². The Bertz CT molecular complexity index is 201. The van der Waals surface area contributed by atoms with Crippen molar-refractivity contribution < 1.29 is 4.74 Å². The lowest BCUT2D eigenvalue weighted by molar-refractivity contribution is -0.00330. The highest BCUT2D eigenvalue weighted by molar-refractivity contribution is 4.73. The van der Waals surface area contributed by atoms with Gasteiger partial charge in [0.1, 0.15) is 0 Å². The van der Waals surface area contributed by atoms with Crippen molar-refractivity contribution in [2.75, 3.05) is 19.7 Å². The molecule has 2 saturated carbocycles. The first-order valence-electron chi connectivity index (χ1n) is 7.68. The van der Waals surface area contributed by atoms with E-state index in [1.165, 1.54) is 57.9 Å². The maximum atomic E-state index is 6.00. The molecule has 0 radical (unpaired) electrons. The van der Waals surface area contributed by atoms with Gasteiger partial charge in [-0.2, -0.15) is 0 Å². The molecule has 2 atom stereocenters. The van der Waals surface area contributed by atoms with Gasteiger partial charge in [-0.3, -0.25) is 0 Å². The molecule has 2 fully saturated rings. The molecule has 2 nitrogen and oxygen atoms in total. The van der Waals surface area contributed by atoms with E-state index < -0.39 is 0 Å². The van der Waals surface area contributed by atoms with Gasteiger partial charge in [-0.05, 0) is 44.1 Å². The van der Waals surface area contributed by atoms with Gasteiger partial charge in [0.25, 0.3) is 0 Å². The predicted molar refractivity (Wildman–Crippen MR) is 72.2 cm³/mol. The van der Waals surface area contributed by atoms with Crippen LogP contribution in [0.15, 0.2) is 0 Å². The highest BCUT2D eigenvalue weighted by Crippen LogP contribution is 2.26. The molecule has 0 saturated heterocycles. The molecule has 2 aliphatic carbocycles. The lowest BCUT2D eigenvalue weighted by atomic mass is 9.88. The number of nitrogens with one attached hydrogen (secondary N) is 1. The Morgan fingerprint density at radius 2 is 1.71 bits per heavy atom. The van der Waals surface area contributed by atoms with Crippen LogP contribution >= 0.6 is 0 Å². The van der Waals surface area contributed by atoms with Crippen molar-refractivity contribution in [3.05, 3.63) is 0 Å². The van der Waals surface area contributed by atoms with Gasteiger partial charge in [0.2, 0.25) is 0 Å². The zero-order valence-electron chi connectivity index (χ0n) is 11.4. The molecule has 0 heterocycles. The average Bonchev–Trinajstić information content (AvgIpc) is 2.84. The standard InChI is InChI=1S/C15H29NO/c1-13-6-2-5-9-15(13)17-11-10-16-12-14-7-3-4-8-14/h13-16H,2-12H2,1H3. The molecule has 0 bridgehead atoms. The Morgan fingerprint density at radius 3 is 2.47 bits per heavy atom. The molecule has 2 rings (SSSR count). The first-order valence-corrected chi connectivity index (χ1v) is 7.68. The summed E-state index contributed by atoms with van der Waals surface area (Å²) in [6.45, 7) is 5.50. The minimum Gasteiger partial charge on any atom is -0.377 e. The van der Waals surface area contributed by atoms with Crippen LogP contribution in [-0.4, -0.2) is 25.8 Å². The second-order valence-corrected chi connectivity index (χ2v) is 6.03. The van der Waals surface area contributed by atoms with E-state index in [1.807, 2.05) is 0 Å². The lowest BCUT2D eigenvalue weighted by Crippen LogP contribution is -2.30. The van der Waals surface area contributed by atoms with Gasteiger partial charge in [-0.1, -0.05) is 32.6 Å². The van der Waals surface area contributed by atoms with Crippen molar-refractivity contribution in [2.45, 2.75) is 64.4 Å². The van der Waals surface area contributed by atoms with Crippen LogP contribution in [0.4, 0.5) is 0 Å². The van der Waals surface area contributed by atoms with Crippen LogP contribution in [0.25, 0.3) is 0 Å². The van der Waals surface area contributed by atoms with Crippen LogP contribution in [-0.2, 0) is 4.74 Å². The van der Waals surface area contributed by atoms with E-state index in [9.17, 15) is 0 Å². The fourth-order valence-electron chi connectivity index (χ4n) is 3.33. The van der Waals surface area contributed by atoms with Crippen LogP contribution in [0.1, 0.15) is 58.3 Å². The summed E-state index contributed by atoms with van der Waals surface area (Å²) in [5.41, 5.74) is 0. The zero-order chi connectivity index (χ0) is 11.9. The van der Waals surface area contributed by atoms with E-state index in [2.05, 4.69) is 12.2 Å². The van der Waals surface area contributed by atoms with Gasteiger partial charge in [0.05, 0.1) is 12.7 Å². The largest absolute Gasteiger partial charge is 0.377 e. The van der Waals surface area contributed by atoms with Crippen LogP contribution in [0.3, 0.4) is 0 Å². The summed E-state index contributed by atoms with van der Waals surface area (Å²) in [6, 6.07) is 0. The van der Waals surface area contributed by atoms with E-state index in [-0.39, 0.29) is 0 Å². The predicted octanol–water partition coefficient (Wildman–Crippen LogP) is 3.36. The fraction of sp³-hybridized carbons (Fsp3) is 1.00. The van der Waals surface area contributed by atoms with Gasteiger partial charge in [-0.25, -0.2) is 0 Å². The Morgan fingerprint density at radius 1 is 1.00 bits per heavy atom. The summed E-state index contributed by atoms with van der Waals surface area (Å²) < 4.78 is 6.00. The fourth-order valence-corrected chi connectivity index (χ4v) is 3.33. The Labute approximate surface area is 107 Å². The third kappa shape index (κ3) is 4.59. The molecule has 100 valence electrons. The van der Waals surface area contributed by atoms with Gasteiger partial charge < -0.3 is 10.1 Å². The van der Waals surface area contributed by atoms with Crippen LogP contribution in [0, 0.1) is 11.8 Å². The minimum atomic E-state index is 0.539. The molecule has 2 aliphatic rings. The molecule has 17 heavy (non-hydrogen) atoms. The third-order valence-corrected chi connectivity index (χ3v) is 4.55. The summed E-state index contributed by atoms with van der Waals surface area (Å²) in [7, 11) is 0. The number of hydrogen-bond acceptors (Lipinski definition) is 2. The average molecular weight is 239 g/mol. The van der Waals surface area contributed by atoms with Gasteiger partial charge in [0, 0.05) is 6.54 Å². The van der Waals surface area contributed by atoms with Crippen LogP contribution in [0.2, 0.25) is 0 Å². The molecule has 0 aromatic rings. The Kier molecular flexibility index (Phi) is 5.79. The third-order valence-electron chi connectivity index (χ3n) is 4.55. The van der Waals surface area contributed by atoms with E-state index >= 15 is 0 Å². The number of ether oxygens (including phenoxy) is 1. The normalized spacial score (nSPS) is 30.9. The lowest BCUT2D eigenvalue weighted by Gasteiger charge is -2.28. The van der Waals surface area contributed by atoms with Crippen LogP contribution < -0.4 is 5.32 Å². The zero-order valence-corrected chi connectivity index (χ0v) is 11.4. The van der Waals surface area contributed by atoms with Crippen molar-refractivity contribution >= 4 is 0 Å². The molecule has 0 aromatic heterocycles. The molecular weight excluding hydrogens is 210 g/mol. The first-order chi connectivity index (χ1) is 8.36. The molecule has 2 heteroatoms. The van der Waals surface area contributed by atoms with Gasteiger partial charge >= 0.3 is 0 Å². The number of rotatable bonds is 6. The smallest absolute Gasteiger partial charge is 0.0601 e. The Balaban J connectivity index is 1.47. The van der Waals surface area contributed by atoms with E-state index in [1.54, 1.807) is 0 Å². The van der Waals surface area contributed by atoms with Crippen molar-refractivity contribution in [3.8, 4) is 0 Å². The summed E-state index contributed by atoms with van der Waals surface area (Å²) >= 11 is 0. The van der Waals surface area contributed by atoms with E-state index in [0.717, 1.165) is 25.0 Å². The van der Waals surface area contributed by atoms with E-state index in [4.69, 9.17) is 4.74 Å². The molecule has 0 spiro atoms. The van der Waals surface area contributed by atoms with Crippen molar-refractivity contribution in [3.63, 3.8) is 0 Å². The summed E-state index contributed by atoms with van der Waals surface area (Å²) in [4.78, 5) is 0. The maximum Gasteiger partial charge on any atom is 0.0601 e. The summed E-state index contributed by atoms with van der Waals surface area (Å²) in [5, 5.41) is 3.56. The van der Waals surface area contributed by atoms with E-state index in [0.29, 0.717) is 6.10 Å². The summed E-state index contributed by atoms with van der Waals surface area (Å²) in [6.07, 6.45) is 11.7. The first kappa shape index (κ1) is 13.4. The minimum absolute atomic E-state index is 0.539. The van der Waals surface area contributed by atoms with Crippen LogP contribution in [0.5, 0.6) is 0 Å². The van der Waals surface area contributed by atoms with Gasteiger partial charge in [-0.15, -0.1) is 0 Å². The monoisotopic (exact) mass is 239 g/mol. The topological polar surface area (TPSA) is 21.3 Å². The summed E-state index contributed by atoms with van der Waals surface area (Å²) in [5.74, 6) is 1.72. The second-order valence-electron chi connectivity index (χ2n) is 6.03. The molecule has 0 aliphatic heterocycles. The van der Waals surface area contributed by atoms with Crippen molar-refractivity contribution in [1.82, 2.24) is 5.32 Å². The number of hydrogen-bond donors (Lipinski definition) is 1. The molecule has 0 aromatic carbocycles. The maximum absolute atomic E-state index is 6.00. The Hall–Kier alpha value is -0.0800. The molecule has 1 N–H and O–H groups in total. The molecule has 0 amide bonds. The quantitative estimate of drug-likeness (QED) is 0.718.